The zero-order valence-corrected chi connectivity index (χ0v) is 15.0. The second-order valence-electron chi connectivity index (χ2n) is 5.42. The predicted octanol–water partition coefficient (Wildman–Crippen LogP) is 4.66. The summed E-state index contributed by atoms with van der Waals surface area (Å²) in [7, 11) is 3.03. The van der Waals surface area contributed by atoms with E-state index >= 15 is 0 Å². The van der Waals surface area contributed by atoms with E-state index < -0.39 is 0 Å². The Morgan fingerprint density at radius 3 is 2.72 bits per heavy atom. The molecule has 1 heterocycles. The Morgan fingerprint density at radius 1 is 1.16 bits per heavy atom. The molecular weight excluding hydrogens is 336 g/mol. The highest BCUT2D eigenvalue weighted by molar-refractivity contribution is 7.14. The number of methoxy groups -OCH3 is 2. The van der Waals surface area contributed by atoms with E-state index in [9.17, 15) is 4.79 Å². The van der Waals surface area contributed by atoms with Crippen LogP contribution >= 0.6 is 11.3 Å². The first kappa shape index (κ1) is 17.0. The summed E-state index contributed by atoms with van der Waals surface area (Å²) in [5.41, 5.74) is 4.27. The number of nitrogens with zero attached hydrogens (tertiary/aromatic N) is 1. The number of thiazole rings is 1. The molecule has 3 aromatic rings. The topological polar surface area (TPSA) is 60.5 Å². The van der Waals surface area contributed by atoms with Gasteiger partial charge in [-0.25, -0.2) is 9.78 Å². The van der Waals surface area contributed by atoms with Crippen molar-refractivity contribution >= 4 is 28.1 Å². The van der Waals surface area contributed by atoms with E-state index in [0.717, 1.165) is 33.4 Å². The Balaban J connectivity index is 1.80. The summed E-state index contributed by atoms with van der Waals surface area (Å²) < 4.78 is 10.0. The molecule has 0 saturated heterocycles. The molecule has 5 nitrogen and oxygen atoms in total. The Bertz CT molecular complexity index is 905. The van der Waals surface area contributed by atoms with Gasteiger partial charge in [0.05, 0.1) is 25.5 Å². The van der Waals surface area contributed by atoms with Gasteiger partial charge in [0.2, 0.25) is 0 Å². The lowest BCUT2D eigenvalue weighted by Crippen LogP contribution is -2.01. The van der Waals surface area contributed by atoms with Gasteiger partial charge in [-0.1, -0.05) is 6.07 Å². The second kappa shape index (κ2) is 7.36. The number of nitrogens with one attached hydrogen (secondary N) is 1. The molecule has 25 heavy (non-hydrogen) atoms. The number of carbonyl (C=O) groups is 1. The summed E-state index contributed by atoms with van der Waals surface area (Å²) in [6.45, 7) is 2.01. The summed E-state index contributed by atoms with van der Waals surface area (Å²) in [6.07, 6.45) is 0. The SMILES string of the molecule is COC(=O)c1cccc(Nc2nc(-c3ccc(OC)c(C)c3)cs2)c1. The minimum Gasteiger partial charge on any atom is -0.496 e. The van der Waals surface area contributed by atoms with Crippen LogP contribution < -0.4 is 10.1 Å². The van der Waals surface area contributed by atoms with Crippen LogP contribution in [0.5, 0.6) is 5.75 Å². The summed E-state index contributed by atoms with van der Waals surface area (Å²) in [6, 6.07) is 13.1. The van der Waals surface area contributed by atoms with E-state index in [0.29, 0.717) is 5.56 Å². The monoisotopic (exact) mass is 354 g/mol. The quantitative estimate of drug-likeness (QED) is 0.675. The smallest absolute Gasteiger partial charge is 0.337 e. The molecule has 0 aliphatic heterocycles. The minimum atomic E-state index is -0.364. The van der Waals surface area contributed by atoms with E-state index in [2.05, 4.69) is 16.4 Å². The van der Waals surface area contributed by atoms with Crippen LogP contribution in [0, 0.1) is 6.92 Å². The van der Waals surface area contributed by atoms with E-state index in [4.69, 9.17) is 9.47 Å². The van der Waals surface area contributed by atoms with Crippen LogP contribution in [-0.4, -0.2) is 25.2 Å². The predicted molar refractivity (Wildman–Crippen MR) is 99.9 cm³/mol. The summed E-state index contributed by atoms with van der Waals surface area (Å²) in [5, 5.41) is 5.97. The largest absolute Gasteiger partial charge is 0.496 e. The third-order valence-corrected chi connectivity index (χ3v) is 4.49. The van der Waals surface area contributed by atoms with Crippen molar-refractivity contribution in [2.24, 2.45) is 0 Å². The second-order valence-corrected chi connectivity index (χ2v) is 6.28. The highest BCUT2D eigenvalue weighted by atomic mass is 32.1. The molecule has 1 N–H and O–H groups in total. The molecule has 0 fully saturated rings. The molecule has 3 rings (SSSR count). The van der Waals surface area contributed by atoms with Crippen LogP contribution in [0.4, 0.5) is 10.8 Å². The summed E-state index contributed by atoms with van der Waals surface area (Å²) in [5.74, 6) is 0.495. The highest BCUT2D eigenvalue weighted by Crippen LogP contribution is 2.30. The normalized spacial score (nSPS) is 10.4. The van der Waals surface area contributed by atoms with Crippen molar-refractivity contribution < 1.29 is 14.3 Å². The molecule has 0 unspecified atom stereocenters. The molecule has 0 aliphatic carbocycles. The van der Waals surface area contributed by atoms with Gasteiger partial charge in [0.15, 0.2) is 5.13 Å². The number of carbonyl (C=O) groups excluding carboxylic acids is 1. The van der Waals surface area contributed by atoms with E-state index in [1.165, 1.54) is 18.4 Å². The third kappa shape index (κ3) is 3.80. The van der Waals surface area contributed by atoms with Crippen molar-refractivity contribution in [3.05, 3.63) is 59.0 Å². The van der Waals surface area contributed by atoms with Crippen molar-refractivity contribution in [3.63, 3.8) is 0 Å². The first-order chi connectivity index (χ1) is 12.1. The minimum absolute atomic E-state index is 0.364. The molecule has 0 aliphatic rings. The van der Waals surface area contributed by atoms with E-state index in [-0.39, 0.29) is 5.97 Å². The van der Waals surface area contributed by atoms with Gasteiger partial charge in [-0.15, -0.1) is 11.3 Å². The number of benzene rings is 2. The van der Waals surface area contributed by atoms with Crippen molar-refractivity contribution in [1.82, 2.24) is 4.98 Å². The summed E-state index contributed by atoms with van der Waals surface area (Å²) in [4.78, 5) is 16.2. The third-order valence-electron chi connectivity index (χ3n) is 3.73. The maximum Gasteiger partial charge on any atom is 0.337 e. The molecule has 0 bridgehead atoms. The number of rotatable bonds is 5. The van der Waals surface area contributed by atoms with Crippen molar-refractivity contribution in [3.8, 4) is 17.0 Å². The maximum atomic E-state index is 11.6. The number of anilines is 2. The molecule has 0 saturated carbocycles. The van der Waals surface area contributed by atoms with Crippen LogP contribution in [-0.2, 0) is 4.74 Å². The average Bonchev–Trinajstić information content (AvgIpc) is 3.09. The Hall–Kier alpha value is -2.86. The number of esters is 1. The van der Waals surface area contributed by atoms with Gasteiger partial charge < -0.3 is 14.8 Å². The van der Waals surface area contributed by atoms with Crippen LogP contribution in [0.3, 0.4) is 0 Å². The lowest BCUT2D eigenvalue weighted by molar-refractivity contribution is 0.0601. The maximum absolute atomic E-state index is 11.6. The van der Waals surface area contributed by atoms with Gasteiger partial charge in [-0.3, -0.25) is 0 Å². The average molecular weight is 354 g/mol. The van der Waals surface area contributed by atoms with Gasteiger partial charge >= 0.3 is 5.97 Å². The molecule has 0 amide bonds. The molecule has 2 aromatic carbocycles. The Labute approximate surface area is 150 Å². The zero-order chi connectivity index (χ0) is 17.8. The highest BCUT2D eigenvalue weighted by Gasteiger charge is 2.09. The zero-order valence-electron chi connectivity index (χ0n) is 14.2. The van der Waals surface area contributed by atoms with E-state index in [1.54, 1.807) is 25.3 Å². The molecular formula is C19H18N2O3S. The molecule has 0 radical (unpaired) electrons. The van der Waals surface area contributed by atoms with Gasteiger partial charge in [-0.2, -0.15) is 0 Å². The fourth-order valence-corrected chi connectivity index (χ4v) is 3.21. The number of hydrogen-bond acceptors (Lipinski definition) is 6. The Morgan fingerprint density at radius 2 is 2.00 bits per heavy atom. The fourth-order valence-electron chi connectivity index (χ4n) is 2.47. The molecule has 6 heteroatoms. The number of ether oxygens (including phenoxy) is 2. The van der Waals surface area contributed by atoms with Crippen LogP contribution in [0.2, 0.25) is 0 Å². The summed E-state index contributed by atoms with van der Waals surface area (Å²) >= 11 is 1.51. The molecule has 0 spiro atoms. The molecule has 1 aromatic heterocycles. The molecule has 0 atom stereocenters. The standard InChI is InChI=1S/C19H18N2O3S/c1-12-9-13(7-8-17(12)23-2)16-11-25-19(21-16)20-15-6-4-5-14(10-15)18(22)24-3/h4-11H,1-3H3,(H,20,21). The number of hydrogen-bond donors (Lipinski definition) is 1. The lowest BCUT2D eigenvalue weighted by atomic mass is 10.1. The van der Waals surface area contributed by atoms with Crippen LogP contribution in [0.1, 0.15) is 15.9 Å². The lowest BCUT2D eigenvalue weighted by Gasteiger charge is -2.06. The van der Waals surface area contributed by atoms with Crippen LogP contribution in [0.15, 0.2) is 47.8 Å². The first-order valence-electron chi connectivity index (χ1n) is 7.66. The number of aryl methyl sites for hydroxylation is 1. The first-order valence-corrected chi connectivity index (χ1v) is 8.54. The van der Waals surface area contributed by atoms with E-state index in [1.807, 2.05) is 30.5 Å². The van der Waals surface area contributed by atoms with Gasteiger partial charge in [0.25, 0.3) is 0 Å². The van der Waals surface area contributed by atoms with Gasteiger partial charge in [0, 0.05) is 16.6 Å². The van der Waals surface area contributed by atoms with Gasteiger partial charge in [-0.05, 0) is 48.9 Å². The van der Waals surface area contributed by atoms with Crippen molar-refractivity contribution in [1.29, 1.82) is 0 Å². The Kier molecular flexibility index (Phi) is 5.00. The molecule has 128 valence electrons. The van der Waals surface area contributed by atoms with Gasteiger partial charge in [0.1, 0.15) is 5.75 Å². The fraction of sp³-hybridized carbons (Fsp3) is 0.158. The van der Waals surface area contributed by atoms with Crippen molar-refractivity contribution in [2.75, 3.05) is 19.5 Å². The van der Waals surface area contributed by atoms with Crippen molar-refractivity contribution in [2.45, 2.75) is 6.92 Å². The van der Waals surface area contributed by atoms with Crippen LogP contribution in [0.25, 0.3) is 11.3 Å². The number of aromatic nitrogens is 1.